The molecule has 1 fully saturated rings. The second kappa shape index (κ2) is 9.68. The number of rotatable bonds is 7. The summed E-state index contributed by atoms with van der Waals surface area (Å²) in [6.07, 6.45) is -2.54. The Morgan fingerprint density at radius 1 is 1.00 bits per heavy atom. The van der Waals surface area contributed by atoms with E-state index < -0.39 is 29.3 Å². The minimum absolute atomic E-state index is 0.121. The van der Waals surface area contributed by atoms with E-state index in [-0.39, 0.29) is 30.2 Å². The molecule has 0 saturated heterocycles. The normalized spacial score (nSPS) is 13.6. The van der Waals surface area contributed by atoms with Crippen molar-refractivity contribution in [2.24, 2.45) is 0 Å². The Hall–Kier alpha value is -3.42. The molecule has 4 rings (SSSR count). The lowest BCUT2D eigenvalue weighted by atomic mass is 10.0. The van der Waals surface area contributed by atoms with Crippen LogP contribution in [0.5, 0.6) is 5.75 Å². The number of aryl methyl sites for hydroxylation is 2. The number of nitrogens with one attached hydrogen (secondary N) is 1. The third-order valence-corrected chi connectivity index (χ3v) is 6.03. The highest BCUT2D eigenvalue weighted by molar-refractivity contribution is 6.06. The topological polar surface area (TPSA) is 38.3 Å². The highest BCUT2D eigenvalue weighted by atomic mass is 19.4. The van der Waals surface area contributed by atoms with Gasteiger partial charge in [-0.2, -0.15) is 13.2 Å². The van der Waals surface area contributed by atoms with Gasteiger partial charge in [0.05, 0.1) is 17.9 Å². The van der Waals surface area contributed by atoms with Crippen molar-refractivity contribution in [1.82, 2.24) is 0 Å². The molecule has 35 heavy (non-hydrogen) atoms. The number of halogens is 5. The van der Waals surface area contributed by atoms with E-state index >= 15 is 0 Å². The Labute approximate surface area is 199 Å². The lowest BCUT2D eigenvalue weighted by molar-refractivity contribution is -0.136. The molecule has 0 heterocycles. The number of carbonyl (C=O) groups is 1. The molecule has 184 valence electrons. The summed E-state index contributed by atoms with van der Waals surface area (Å²) in [7, 11) is 0. The van der Waals surface area contributed by atoms with Crippen molar-refractivity contribution in [1.29, 1.82) is 0 Å². The quantitative estimate of drug-likeness (QED) is 0.353. The summed E-state index contributed by atoms with van der Waals surface area (Å²) in [4.78, 5) is 13.0. The van der Waals surface area contributed by atoms with Crippen LogP contribution in [-0.4, -0.2) is 12.5 Å². The largest absolute Gasteiger partial charge is 0.493 e. The van der Waals surface area contributed by atoms with Crippen LogP contribution < -0.4 is 10.1 Å². The molecular weight excluding hydrogens is 465 g/mol. The second-order valence-corrected chi connectivity index (χ2v) is 8.80. The fraction of sp³-hybridized carbons (Fsp3) is 0.296. The highest BCUT2D eigenvalue weighted by Crippen LogP contribution is 2.43. The summed E-state index contributed by atoms with van der Waals surface area (Å²) < 4.78 is 73.1. The molecular formula is C27H24F5NO2. The van der Waals surface area contributed by atoms with Gasteiger partial charge in [-0.1, -0.05) is 12.1 Å². The van der Waals surface area contributed by atoms with E-state index in [1.54, 1.807) is 26.0 Å². The van der Waals surface area contributed by atoms with Gasteiger partial charge in [0, 0.05) is 18.1 Å². The molecule has 1 N–H and O–H groups in total. The Bertz CT molecular complexity index is 1240. The molecule has 0 radical (unpaired) electrons. The van der Waals surface area contributed by atoms with Crippen molar-refractivity contribution in [3.63, 3.8) is 0 Å². The Kier molecular flexibility index (Phi) is 6.83. The molecule has 3 aromatic rings. The van der Waals surface area contributed by atoms with Crippen LogP contribution in [0, 0.1) is 25.5 Å². The molecule has 0 aliphatic heterocycles. The predicted molar refractivity (Wildman–Crippen MR) is 123 cm³/mol. The summed E-state index contributed by atoms with van der Waals surface area (Å²) in [6, 6.07) is 10.4. The second-order valence-electron chi connectivity index (χ2n) is 8.80. The van der Waals surface area contributed by atoms with Crippen molar-refractivity contribution in [2.45, 2.75) is 45.2 Å². The van der Waals surface area contributed by atoms with Crippen molar-refractivity contribution < 1.29 is 31.5 Å². The van der Waals surface area contributed by atoms with Gasteiger partial charge < -0.3 is 10.1 Å². The van der Waals surface area contributed by atoms with Crippen LogP contribution in [0.2, 0.25) is 0 Å². The molecule has 0 bridgehead atoms. The van der Waals surface area contributed by atoms with Crippen LogP contribution in [0.4, 0.5) is 27.6 Å². The molecule has 0 atom stereocenters. The lowest BCUT2D eigenvalue weighted by Gasteiger charge is -2.17. The van der Waals surface area contributed by atoms with E-state index in [0.29, 0.717) is 22.4 Å². The van der Waals surface area contributed by atoms with Crippen LogP contribution in [-0.2, 0) is 12.6 Å². The van der Waals surface area contributed by atoms with E-state index in [2.05, 4.69) is 5.32 Å². The van der Waals surface area contributed by atoms with Gasteiger partial charge in [0.1, 0.15) is 17.4 Å². The van der Waals surface area contributed by atoms with Crippen molar-refractivity contribution in [2.75, 3.05) is 11.9 Å². The number of hydrogen-bond donors (Lipinski definition) is 1. The van der Waals surface area contributed by atoms with Gasteiger partial charge in [-0.05, 0) is 85.2 Å². The zero-order valence-electron chi connectivity index (χ0n) is 19.2. The fourth-order valence-electron chi connectivity index (χ4n) is 4.14. The third-order valence-electron chi connectivity index (χ3n) is 6.03. The maximum Gasteiger partial charge on any atom is 0.418 e. The Balaban J connectivity index is 1.49. The molecule has 3 nitrogen and oxygen atoms in total. The molecule has 1 saturated carbocycles. The van der Waals surface area contributed by atoms with Gasteiger partial charge in [0.25, 0.3) is 5.91 Å². The van der Waals surface area contributed by atoms with Crippen LogP contribution in [0.15, 0.2) is 48.5 Å². The Morgan fingerprint density at radius 2 is 1.69 bits per heavy atom. The van der Waals surface area contributed by atoms with E-state index in [1.807, 2.05) is 0 Å². The van der Waals surface area contributed by atoms with E-state index in [0.717, 1.165) is 30.5 Å². The van der Waals surface area contributed by atoms with Gasteiger partial charge in [-0.3, -0.25) is 4.79 Å². The standard InChI is InChI=1S/C27H24F5NO2/c1-15-11-21(35-10-9-18-5-7-20(28)14-23(18)29)12-16(2)25(15)26(34)33-24-13-19(17-3-4-17)6-8-22(24)27(30,31)32/h5-8,11-14,17H,3-4,9-10H2,1-2H3,(H,33,34). The predicted octanol–water partition coefficient (Wildman–Crippen LogP) is 7.35. The summed E-state index contributed by atoms with van der Waals surface area (Å²) in [5.74, 6) is -1.29. The average molecular weight is 489 g/mol. The van der Waals surface area contributed by atoms with Crippen LogP contribution in [0.1, 0.15) is 56.9 Å². The number of benzene rings is 3. The van der Waals surface area contributed by atoms with Crippen LogP contribution >= 0.6 is 0 Å². The van der Waals surface area contributed by atoms with E-state index in [9.17, 15) is 26.7 Å². The molecule has 0 unspecified atom stereocenters. The van der Waals surface area contributed by atoms with Gasteiger partial charge in [0.2, 0.25) is 0 Å². The zero-order valence-corrected chi connectivity index (χ0v) is 19.2. The maximum atomic E-state index is 13.8. The highest BCUT2D eigenvalue weighted by Gasteiger charge is 2.35. The minimum Gasteiger partial charge on any atom is -0.493 e. The van der Waals surface area contributed by atoms with Crippen molar-refractivity contribution >= 4 is 11.6 Å². The smallest absolute Gasteiger partial charge is 0.418 e. The van der Waals surface area contributed by atoms with E-state index in [1.165, 1.54) is 24.3 Å². The first kappa shape index (κ1) is 24.7. The van der Waals surface area contributed by atoms with Crippen molar-refractivity contribution in [3.05, 3.63) is 93.5 Å². The van der Waals surface area contributed by atoms with Gasteiger partial charge in [-0.15, -0.1) is 0 Å². The average Bonchev–Trinajstić information content (AvgIpc) is 3.59. The van der Waals surface area contributed by atoms with Gasteiger partial charge in [-0.25, -0.2) is 8.78 Å². The molecule has 1 amide bonds. The summed E-state index contributed by atoms with van der Waals surface area (Å²) >= 11 is 0. The molecule has 8 heteroatoms. The first-order valence-corrected chi connectivity index (χ1v) is 11.2. The lowest BCUT2D eigenvalue weighted by Crippen LogP contribution is -2.19. The Morgan fingerprint density at radius 3 is 2.29 bits per heavy atom. The number of hydrogen-bond acceptors (Lipinski definition) is 2. The number of anilines is 1. The number of ether oxygens (including phenoxy) is 1. The molecule has 0 spiro atoms. The molecule has 0 aromatic heterocycles. The van der Waals surface area contributed by atoms with E-state index in [4.69, 9.17) is 4.74 Å². The summed E-state index contributed by atoms with van der Waals surface area (Å²) in [6.45, 7) is 3.45. The third kappa shape index (κ3) is 5.81. The maximum absolute atomic E-state index is 13.8. The number of alkyl halides is 3. The monoisotopic (exact) mass is 489 g/mol. The molecule has 3 aromatic carbocycles. The van der Waals surface area contributed by atoms with Crippen LogP contribution in [0.3, 0.4) is 0 Å². The number of carbonyl (C=O) groups excluding carboxylic acids is 1. The van der Waals surface area contributed by atoms with Gasteiger partial charge >= 0.3 is 6.18 Å². The summed E-state index contributed by atoms with van der Waals surface area (Å²) in [5.41, 5.74) is 1.25. The SMILES string of the molecule is Cc1cc(OCCc2ccc(F)cc2F)cc(C)c1C(=O)Nc1cc(C2CC2)ccc1C(F)(F)F. The van der Waals surface area contributed by atoms with Crippen LogP contribution in [0.25, 0.3) is 0 Å². The molecule has 1 aliphatic rings. The molecule has 1 aliphatic carbocycles. The summed E-state index contributed by atoms with van der Waals surface area (Å²) in [5, 5.41) is 2.46. The van der Waals surface area contributed by atoms with Gasteiger partial charge in [0.15, 0.2) is 0 Å². The first-order chi connectivity index (χ1) is 16.5. The first-order valence-electron chi connectivity index (χ1n) is 11.2. The minimum atomic E-state index is -4.60. The number of amides is 1. The zero-order chi connectivity index (χ0) is 25.3. The van der Waals surface area contributed by atoms with Crippen molar-refractivity contribution in [3.8, 4) is 5.75 Å². The fourth-order valence-corrected chi connectivity index (χ4v) is 4.14.